The lowest BCUT2D eigenvalue weighted by Crippen LogP contribution is -2.35. The van der Waals surface area contributed by atoms with Crippen LogP contribution in [0.4, 0.5) is 0 Å². The number of esters is 1. The van der Waals surface area contributed by atoms with Gasteiger partial charge in [0.25, 0.3) is 5.56 Å². The summed E-state index contributed by atoms with van der Waals surface area (Å²) in [6.07, 6.45) is 2.81. The van der Waals surface area contributed by atoms with Gasteiger partial charge in [-0.2, -0.15) is 0 Å². The third-order valence-electron chi connectivity index (χ3n) is 3.35. The number of ether oxygens (including phenoxy) is 1. The van der Waals surface area contributed by atoms with Gasteiger partial charge in [-0.05, 0) is 12.3 Å². The molecule has 0 saturated heterocycles. The largest absolute Gasteiger partial charge is 0.467 e. The Morgan fingerprint density at radius 1 is 1.36 bits per heavy atom. The fourth-order valence-corrected chi connectivity index (χ4v) is 2.28. The molecule has 0 bridgehead atoms. The summed E-state index contributed by atoms with van der Waals surface area (Å²) in [5.41, 5.74) is 0.536. The highest BCUT2D eigenvalue weighted by Gasteiger charge is 2.25. The number of aldehydes is 1. The molecule has 0 unspecified atom stereocenters. The SMILES string of the molecule is COC(=O)[C@H](CC(C)C)n1cc(CC=O)nc(C(C)C)c1=O. The van der Waals surface area contributed by atoms with Gasteiger partial charge in [0.05, 0.1) is 12.8 Å². The molecule has 0 spiro atoms. The molecule has 0 fully saturated rings. The molecule has 0 aromatic carbocycles. The fourth-order valence-electron chi connectivity index (χ4n) is 2.28. The van der Waals surface area contributed by atoms with Crippen LogP contribution in [-0.4, -0.2) is 28.9 Å². The zero-order chi connectivity index (χ0) is 16.9. The van der Waals surface area contributed by atoms with Gasteiger partial charge in [0.1, 0.15) is 18.0 Å². The second-order valence-electron chi connectivity index (χ2n) is 6.02. The summed E-state index contributed by atoms with van der Waals surface area (Å²) in [5, 5.41) is 0. The van der Waals surface area contributed by atoms with E-state index in [9.17, 15) is 14.4 Å². The van der Waals surface area contributed by atoms with Crippen LogP contribution in [0.15, 0.2) is 11.0 Å². The van der Waals surface area contributed by atoms with Gasteiger partial charge in [0.2, 0.25) is 0 Å². The van der Waals surface area contributed by atoms with Crippen molar-refractivity contribution in [3.05, 3.63) is 27.9 Å². The van der Waals surface area contributed by atoms with Crippen LogP contribution in [0, 0.1) is 5.92 Å². The summed E-state index contributed by atoms with van der Waals surface area (Å²) in [5.74, 6) is -0.349. The third kappa shape index (κ3) is 4.26. The number of hydrogen-bond acceptors (Lipinski definition) is 5. The van der Waals surface area contributed by atoms with Gasteiger partial charge < -0.3 is 9.53 Å². The van der Waals surface area contributed by atoms with Crippen molar-refractivity contribution in [2.24, 2.45) is 5.92 Å². The molecule has 1 aromatic heterocycles. The van der Waals surface area contributed by atoms with E-state index in [0.29, 0.717) is 17.8 Å². The molecule has 1 aromatic rings. The Bertz CT molecular complexity index is 590. The van der Waals surface area contributed by atoms with Gasteiger partial charge in [-0.15, -0.1) is 0 Å². The molecule has 1 atom stereocenters. The normalized spacial score (nSPS) is 12.5. The molecular weight excluding hydrogens is 284 g/mol. The summed E-state index contributed by atoms with van der Waals surface area (Å²) >= 11 is 0. The number of rotatable bonds is 7. The lowest BCUT2D eigenvalue weighted by molar-refractivity contribution is -0.145. The number of nitrogens with zero attached hydrogens (tertiary/aromatic N) is 2. The van der Waals surface area contributed by atoms with Crippen molar-refractivity contribution >= 4 is 12.3 Å². The number of carbonyl (C=O) groups excluding carboxylic acids is 2. The number of methoxy groups -OCH3 is 1. The topological polar surface area (TPSA) is 78.3 Å². The predicted octanol–water partition coefficient (Wildman–Crippen LogP) is 1.87. The molecule has 0 radical (unpaired) electrons. The second kappa shape index (κ2) is 7.87. The van der Waals surface area contributed by atoms with Crippen molar-refractivity contribution in [1.82, 2.24) is 9.55 Å². The van der Waals surface area contributed by atoms with Crippen LogP contribution in [0.1, 0.15) is 57.5 Å². The van der Waals surface area contributed by atoms with Gasteiger partial charge in [0, 0.05) is 18.5 Å². The van der Waals surface area contributed by atoms with E-state index in [1.165, 1.54) is 17.9 Å². The van der Waals surface area contributed by atoms with Crippen LogP contribution >= 0.6 is 0 Å². The van der Waals surface area contributed by atoms with E-state index in [2.05, 4.69) is 4.98 Å². The first kappa shape index (κ1) is 18.1. The van der Waals surface area contributed by atoms with Crippen LogP contribution in [0.2, 0.25) is 0 Å². The zero-order valence-electron chi connectivity index (χ0n) is 13.8. The predicted molar refractivity (Wildman–Crippen MR) is 82.9 cm³/mol. The lowest BCUT2D eigenvalue weighted by atomic mass is 10.0. The third-order valence-corrected chi connectivity index (χ3v) is 3.35. The maximum atomic E-state index is 12.6. The maximum Gasteiger partial charge on any atom is 0.328 e. The van der Waals surface area contributed by atoms with Crippen LogP contribution in [0.3, 0.4) is 0 Å². The van der Waals surface area contributed by atoms with Crippen molar-refractivity contribution < 1.29 is 14.3 Å². The second-order valence-corrected chi connectivity index (χ2v) is 6.02. The first-order valence-electron chi connectivity index (χ1n) is 7.45. The van der Waals surface area contributed by atoms with Crippen LogP contribution < -0.4 is 5.56 Å². The summed E-state index contributed by atoms with van der Waals surface area (Å²) in [6, 6.07) is -0.705. The number of aromatic nitrogens is 2. The fraction of sp³-hybridized carbons (Fsp3) is 0.625. The molecule has 1 heterocycles. The van der Waals surface area contributed by atoms with Gasteiger partial charge in [0.15, 0.2) is 0 Å². The monoisotopic (exact) mass is 308 g/mol. The molecule has 0 aliphatic rings. The molecule has 0 N–H and O–H groups in total. The number of hydrogen-bond donors (Lipinski definition) is 0. The molecule has 1 rings (SSSR count). The minimum Gasteiger partial charge on any atom is -0.467 e. The van der Waals surface area contributed by atoms with Gasteiger partial charge in [-0.3, -0.25) is 9.36 Å². The maximum absolute atomic E-state index is 12.6. The van der Waals surface area contributed by atoms with Gasteiger partial charge in [-0.1, -0.05) is 27.7 Å². The Morgan fingerprint density at radius 2 is 2.00 bits per heavy atom. The van der Waals surface area contributed by atoms with Crippen molar-refractivity contribution in [3.63, 3.8) is 0 Å². The first-order chi connectivity index (χ1) is 10.3. The van der Waals surface area contributed by atoms with E-state index in [-0.39, 0.29) is 23.8 Å². The smallest absolute Gasteiger partial charge is 0.328 e. The molecule has 0 amide bonds. The Kier molecular flexibility index (Phi) is 6.46. The van der Waals surface area contributed by atoms with Crippen molar-refractivity contribution in [2.45, 2.75) is 52.5 Å². The highest BCUT2D eigenvalue weighted by molar-refractivity contribution is 5.74. The molecule has 6 heteroatoms. The number of carbonyl (C=O) groups is 2. The molecule has 0 saturated carbocycles. The van der Waals surface area contributed by atoms with E-state index < -0.39 is 12.0 Å². The van der Waals surface area contributed by atoms with E-state index in [0.717, 1.165) is 6.29 Å². The standard InChI is InChI=1S/C16H24N2O4/c1-10(2)8-13(16(21)22-5)18-9-12(6-7-19)17-14(11(3)4)15(18)20/h7,9-11,13H,6,8H2,1-5H3/t13-/m0/s1. The molecular formula is C16H24N2O4. The Labute approximate surface area is 130 Å². The Morgan fingerprint density at radius 3 is 2.45 bits per heavy atom. The van der Waals surface area contributed by atoms with Gasteiger partial charge >= 0.3 is 5.97 Å². The molecule has 122 valence electrons. The summed E-state index contributed by atoms with van der Waals surface area (Å²) < 4.78 is 6.20. The quantitative estimate of drug-likeness (QED) is 0.567. The van der Waals surface area contributed by atoms with Gasteiger partial charge in [-0.25, -0.2) is 9.78 Å². The van der Waals surface area contributed by atoms with Crippen LogP contribution in [-0.2, 0) is 20.7 Å². The molecule has 0 aliphatic carbocycles. The summed E-state index contributed by atoms with van der Waals surface area (Å²) in [6.45, 7) is 7.65. The van der Waals surface area contributed by atoms with Crippen LogP contribution in [0.25, 0.3) is 0 Å². The minimum absolute atomic E-state index is 0.0947. The lowest BCUT2D eigenvalue weighted by Gasteiger charge is -2.21. The van der Waals surface area contributed by atoms with E-state index in [1.54, 1.807) is 0 Å². The van der Waals surface area contributed by atoms with Crippen LogP contribution in [0.5, 0.6) is 0 Å². The molecule has 0 aliphatic heterocycles. The Hall–Kier alpha value is -1.98. The van der Waals surface area contributed by atoms with Crippen molar-refractivity contribution in [3.8, 4) is 0 Å². The first-order valence-corrected chi connectivity index (χ1v) is 7.45. The summed E-state index contributed by atoms with van der Waals surface area (Å²) in [7, 11) is 1.30. The van der Waals surface area contributed by atoms with Crippen molar-refractivity contribution in [2.75, 3.05) is 7.11 Å². The van der Waals surface area contributed by atoms with E-state index in [4.69, 9.17) is 4.74 Å². The summed E-state index contributed by atoms with van der Waals surface area (Å²) in [4.78, 5) is 39.7. The highest BCUT2D eigenvalue weighted by atomic mass is 16.5. The van der Waals surface area contributed by atoms with E-state index >= 15 is 0 Å². The molecule has 22 heavy (non-hydrogen) atoms. The van der Waals surface area contributed by atoms with Crippen molar-refractivity contribution in [1.29, 1.82) is 0 Å². The minimum atomic E-state index is -0.705. The van der Waals surface area contributed by atoms with E-state index in [1.807, 2.05) is 27.7 Å². The zero-order valence-corrected chi connectivity index (χ0v) is 13.8. The highest BCUT2D eigenvalue weighted by Crippen LogP contribution is 2.19. The average molecular weight is 308 g/mol. The Balaban J connectivity index is 3.48. The molecule has 6 nitrogen and oxygen atoms in total. The average Bonchev–Trinajstić information content (AvgIpc) is 2.45.